The van der Waals surface area contributed by atoms with E-state index in [1.165, 1.54) is 53.1 Å². The molecule has 0 unspecified atom stereocenters. The van der Waals surface area contributed by atoms with Crippen molar-refractivity contribution in [2.24, 2.45) is 0 Å². The molecule has 0 amide bonds. The summed E-state index contributed by atoms with van der Waals surface area (Å²) in [4.78, 5) is 15.5. The Kier molecular flexibility index (Phi) is 8.65. The monoisotopic (exact) mass is 808 g/mol. The number of aromatic nitrogens is 4. The van der Waals surface area contributed by atoms with Gasteiger partial charge in [0.1, 0.15) is 0 Å². The molecule has 0 radical (unpaired) electrons. The minimum atomic E-state index is 0.626. The summed E-state index contributed by atoms with van der Waals surface area (Å²) in [6.45, 7) is 0. The first-order valence-corrected chi connectivity index (χ1v) is 21.7. The Labute approximate surface area is 362 Å². The minimum Gasteiger partial charge on any atom is -0.309 e. The summed E-state index contributed by atoms with van der Waals surface area (Å²) in [6, 6.07) is 77.4. The summed E-state index contributed by atoms with van der Waals surface area (Å²) in [6.07, 6.45) is 0. The summed E-state index contributed by atoms with van der Waals surface area (Å²) < 4.78 is 4.93. The van der Waals surface area contributed by atoms with E-state index in [9.17, 15) is 0 Å². The fraction of sp³-hybridized carbons (Fsp3) is 0. The molecule has 12 aromatic rings. The van der Waals surface area contributed by atoms with Crippen LogP contribution in [0.15, 0.2) is 218 Å². The molecule has 0 aliphatic carbocycles. The Morgan fingerprint density at radius 3 is 1.58 bits per heavy atom. The molecule has 0 fully saturated rings. The van der Waals surface area contributed by atoms with Gasteiger partial charge < -0.3 is 4.57 Å². The summed E-state index contributed by atoms with van der Waals surface area (Å²) >= 11 is 1.87. The number of hydrogen-bond acceptors (Lipinski definition) is 4. The van der Waals surface area contributed by atoms with E-state index < -0.39 is 0 Å². The second-order valence-corrected chi connectivity index (χ2v) is 16.6. The van der Waals surface area contributed by atoms with Crippen molar-refractivity contribution in [3.05, 3.63) is 218 Å². The van der Waals surface area contributed by atoms with Gasteiger partial charge in [0.2, 0.25) is 0 Å². The summed E-state index contributed by atoms with van der Waals surface area (Å²) in [5, 5.41) is 5.07. The third-order valence-corrected chi connectivity index (χ3v) is 13.0. The highest BCUT2D eigenvalue weighted by Gasteiger charge is 2.20. The van der Waals surface area contributed by atoms with Crippen molar-refractivity contribution in [2.45, 2.75) is 0 Å². The van der Waals surface area contributed by atoms with Crippen LogP contribution in [0.2, 0.25) is 0 Å². The van der Waals surface area contributed by atoms with Gasteiger partial charge in [-0.05, 0) is 75.8 Å². The number of rotatable bonds is 7. The number of para-hydroxylation sites is 2. The first-order valence-electron chi connectivity index (χ1n) is 20.8. The van der Waals surface area contributed by atoms with Crippen LogP contribution in [0.5, 0.6) is 0 Å². The van der Waals surface area contributed by atoms with Crippen molar-refractivity contribution in [2.75, 3.05) is 0 Å². The van der Waals surface area contributed by atoms with Crippen molar-refractivity contribution >= 4 is 53.3 Å². The first-order chi connectivity index (χ1) is 30.7. The Bertz CT molecular complexity index is 3560. The lowest BCUT2D eigenvalue weighted by atomic mass is 9.92. The maximum absolute atomic E-state index is 5.25. The molecule has 9 aromatic carbocycles. The Balaban J connectivity index is 1.07. The quantitative estimate of drug-likeness (QED) is 0.161. The Hall–Kier alpha value is -7.99. The molecule has 0 N–H and O–H groups in total. The predicted octanol–water partition coefficient (Wildman–Crippen LogP) is 15.3. The molecule has 0 spiro atoms. The van der Waals surface area contributed by atoms with Crippen molar-refractivity contribution in [1.29, 1.82) is 0 Å². The van der Waals surface area contributed by atoms with Gasteiger partial charge >= 0.3 is 0 Å². The van der Waals surface area contributed by atoms with Crippen molar-refractivity contribution in [3.8, 4) is 73.2 Å². The average Bonchev–Trinajstić information content (AvgIpc) is 3.90. The summed E-state index contributed by atoms with van der Waals surface area (Å²) in [5.41, 5.74) is 13.1. The Morgan fingerprint density at radius 2 is 0.871 bits per heavy atom. The van der Waals surface area contributed by atoms with Crippen molar-refractivity contribution in [1.82, 2.24) is 19.5 Å². The molecule has 0 aliphatic heterocycles. The molecule has 0 bridgehead atoms. The molecule has 4 nitrogen and oxygen atoms in total. The zero-order valence-electron chi connectivity index (χ0n) is 33.5. The van der Waals surface area contributed by atoms with E-state index in [-0.39, 0.29) is 0 Å². The lowest BCUT2D eigenvalue weighted by Crippen LogP contribution is -2.01. The molecule has 0 saturated carbocycles. The van der Waals surface area contributed by atoms with Crippen LogP contribution in [-0.4, -0.2) is 19.5 Å². The van der Waals surface area contributed by atoms with Gasteiger partial charge in [-0.25, -0.2) is 15.0 Å². The van der Waals surface area contributed by atoms with Crippen LogP contribution in [-0.2, 0) is 0 Å². The maximum atomic E-state index is 5.25. The van der Waals surface area contributed by atoms with Crippen LogP contribution < -0.4 is 0 Å². The predicted molar refractivity (Wildman–Crippen MR) is 260 cm³/mol. The number of nitrogens with zero attached hydrogens (tertiary/aromatic N) is 4. The van der Waals surface area contributed by atoms with Gasteiger partial charge in [-0.3, -0.25) is 0 Å². The molecule has 0 atom stereocenters. The zero-order valence-corrected chi connectivity index (χ0v) is 34.3. The zero-order chi connectivity index (χ0) is 41.0. The lowest BCUT2D eigenvalue weighted by molar-refractivity contribution is 1.07. The van der Waals surface area contributed by atoms with E-state index in [1.54, 1.807) is 0 Å². The van der Waals surface area contributed by atoms with Crippen molar-refractivity contribution in [3.63, 3.8) is 0 Å². The molecular weight excluding hydrogens is 773 g/mol. The molecular formula is C57H36N4S. The molecule has 290 valence electrons. The van der Waals surface area contributed by atoms with Crippen LogP contribution in [0.25, 0.3) is 115 Å². The molecule has 3 aromatic heterocycles. The van der Waals surface area contributed by atoms with Crippen LogP contribution in [0.1, 0.15) is 0 Å². The van der Waals surface area contributed by atoms with E-state index in [0.29, 0.717) is 17.5 Å². The van der Waals surface area contributed by atoms with E-state index in [1.807, 2.05) is 47.7 Å². The van der Waals surface area contributed by atoms with Gasteiger partial charge in [-0.2, -0.15) is 0 Å². The average molecular weight is 809 g/mol. The van der Waals surface area contributed by atoms with Gasteiger partial charge in [0.05, 0.1) is 11.0 Å². The SMILES string of the molecule is c1ccc(-c2cccc(-c3ccc(-c4ccc5c(c4)sc4c5ccc5c4c4ccccc4n5-c4ccccc4)c(-c4nc(-c5ccccc5)nc(-c5ccccc5)n4)c3)c2)cc1. The molecule has 5 heteroatoms. The molecule has 12 rings (SSSR count). The molecule has 0 saturated heterocycles. The number of fused-ring (bicyclic) bond motifs is 7. The minimum absolute atomic E-state index is 0.626. The second kappa shape index (κ2) is 14.9. The van der Waals surface area contributed by atoms with Crippen LogP contribution in [0.4, 0.5) is 0 Å². The van der Waals surface area contributed by atoms with Crippen LogP contribution in [0, 0.1) is 0 Å². The topological polar surface area (TPSA) is 43.6 Å². The second-order valence-electron chi connectivity index (χ2n) is 15.6. The highest BCUT2D eigenvalue weighted by atomic mass is 32.1. The van der Waals surface area contributed by atoms with E-state index in [0.717, 1.165) is 44.6 Å². The van der Waals surface area contributed by atoms with E-state index >= 15 is 0 Å². The third kappa shape index (κ3) is 6.18. The van der Waals surface area contributed by atoms with Crippen molar-refractivity contribution < 1.29 is 0 Å². The summed E-state index contributed by atoms with van der Waals surface area (Å²) in [7, 11) is 0. The fourth-order valence-electron chi connectivity index (χ4n) is 8.91. The highest BCUT2D eigenvalue weighted by Crippen LogP contribution is 2.45. The maximum Gasteiger partial charge on any atom is 0.164 e. The molecule has 0 aliphatic rings. The van der Waals surface area contributed by atoms with Crippen LogP contribution >= 0.6 is 11.3 Å². The largest absolute Gasteiger partial charge is 0.309 e. The first kappa shape index (κ1) is 35.9. The number of benzene rings is 9. The van der Waals surface area contributed by atoms with Gasteiger partial charge in [0.15, 0.2) is 17.5 Å². The Morgan fingerprint density at radius 1 is 0.323 bits per heavy atom. The van der Waals surface area contributed by atoms with Gasteiger partial charge in [-0.1, -0.05) is 176 Å². The standard InChI is InChI=1S/C57H36N4S/c1-5-16-37(17-6-1)40-22-15-23-41(34-40)42-28-30-45(49(35-42)57-59-55(38-18-7-2-8-19-38)58-56(60-57)39-20-9-3-10-21-39)43-29-31-46-47-32-33-51-53(54(47)62-52(46)36-43)48-26-13-14-27-50(48)61(51)44-24-11-4-12-25-44/h1-36H. The number of thiophene rings is 1. The number of hydrogen-bond donors (Lipinski definition) is 0. The van der Waals surface area contributed by atoms with E-state index in [2.05, 4.69) is 187 Å². The third-order valence-electron chi connectivity index (χ3n) is 11.9. The van der Waals surface area contributed by atoms with Gasteiger partial charge in [0, 0.05) is 53.3 Å². The van der Waals surface area contributed by atoms with Gasteiger partial charge in [-0.15, -0.1) is 11.3 Å². The highest BCUT2D eigenvalue weighted by molar-refractivity contribution is 7.26. The normalized spacial score (nSPS) is 11.5. The molecule has 62 heavy (non-hydrogen) atoms. The summed E-state index contributed by atoms with van der Waals surface area (Å²) in [5.74, 6) is 1.90. The fourth-order valence-corrected chi connectivity index (χ4v) is 10.2. The smallest absolute Gasteiger partial charge is 0.164 e. The van der Waals surface area contributed by atoms with E-state index in [4.69, 9.17) is 15.0 Å². The van der Waals surface area contributed by atoms with Gasteiger partial charge in [0.25, 0.3) is 0 Å². The van der Waals surface area contributed by atoms with Crippen LogP contribution in [0.3, 0.4) is 0 Å². The lowest BCUT2D eigenvalue weighted by Gasteiger charge is -2.15. The molecule has 3 heterocycles.